The second-order valence-electron chi connectivity index (χ2n) is 4.02. The molecule has 0 spiro atoms. The number of pyridine rings is 1. The van der Waals surface area contributed by atoms with Crippen LogP contribution in [0, 0.1) is 11.6 Å². The third-order valence-electron chi connectivity index (χ3n) is 2.73. The van der Waals surface area contributed by atoms with Crippen molar-refractivity contribution in [1.29, 1.82) is 0 Å². The molecule has 0 saturated carbocycles. The van der Waals surface area contributed by atoms with Gasteiger partial charge in [0.05, 0.1) is 0 Å². The summed E-state index contributed by atoms with van der Waals surface area (Å²) in [5.41, 5.74) is 12.6. The van der Waals surface area contributed by atoms with Crippen LogP contribution in [0.4, 0.5) is 14.6 Å². The summed E-state index contributed by atoms with van der Waals surface area (Å²) in [4.78, 5) is 3.93. The minimum absolute atomic E-state index is 0.264. The Labute approximate surface area is 103 Å². The molecular weight excluding hydrogens is 236 g/mol. The zero-order valence-corrected chi connectivity index (χ0v) is 9.61. The van der Waals surface area contributed by atoms with Gasteiger partial charge in [0.1, 0.15) is 17.5 Å². The molecule has 0 amide bonds. The average Bonchev–Trinajstić information content (AvgIpc) is 2.32. The maximum atomic E-state index is 13.5. The summed E-state index contributed by atoms with van der Waals surface area (Å²) in [7, 11) is 0. The van der Waals surface area contributed by atoms with Gasteiger partial charge in [0.15, 0.2) is 0 Å². The summed E-state index contributed by atoms with van der Waals surface area (Å²) in [6, 6.07) is 6.29. The maximum Gasteiger partial charge on any atom is 0.130 e. The Kier molecular flexibility index (Phi) is 3.53. The van der Waals surface area contributed by atoms with E-state index in [1.165, 1.54) is 12.1 Å². The van der Waals surface area contributed by atoms with Gasteiger partial charge in [-0.2, -0.15) is 0 Å². The first-order chi connectivity index (χ1) is 8.58. The Bertz CT molecular complexity index is 558. The number of nitrogens with zero attached hydrogens (tertiary/aromatic N) is 1. The molecule has 0 saturated heterocycles. The molecule has 2 rings (SSSR count). The van der Waals surface area contributed by atoms with E-state index in [2.05, 4.69) is 4.98 Å². The molecule has 1 unspecified atom stereocenters. The molecule has 1 heterocycles. The van der Waals surface area contributed by atoms with Crippen LogP contribution in [0.1, 0.15) is 17.2 Å². The quantitative estimate of drug-likeness (QED) is 0.876. The van der Waals surface area contributed by atoms with Crippen LogP contribution in [0.2, 0.25) is 0 Å². The van der Waals surface area contributed by atoms with E-state index in [1.807, 2.05) is 0 Å². The minimum atomic E-state index is -0.648. The smallest absolute Gasteiger partial charge is 0.130 e. The number of nitrogen functional groups attached to an aromatic ring is 1. The molecule has 18 heavy (non-hydrogen) atoms. The molecule has 0 aliphatic rings. The van der Waals surface area contributed by atoms with Gasteiger partial charge in [-0.3, -0.25) is 0 Å². The van der Waals surface area contributed by atoms with Crippen LogP contribution in [-0.2, 0) is 6.42 Å². The van der Waals surface area contributed by atoms with Gasteiger partial charge in [0, 0.05) is 23.9 Å². The first-order valence-corrected chi connectivity index (χ1v) is 5.48. The number of benzene rings is 1. The van der Waals surface area contributed by atoms with Crippen molar-refractivity contribution >= 4 is 5.82 Å². The van der Waals surface area contributed by atoms with E-state index in [1.54, 1.807) is 18.3 Å². The number of aromatic nitrogens is 1. The van der Waals surface area contributed by atoms with E-state index in [-0.39, 0.29) is 5.56 Å². The predicted molar refractivity (Wildman–Crippen MR) is 65.6 cm³/mol. The van der Waals surface area contributed by atoms with Crippen molar-refractivity contribution in [2.24, 2.45) is 5.73 Å². The molecule has 0 aliphatic heterocycles. The maximum absolute atomic E-state index is 13.5. The largest absolute Gasteiger partial charge is 0.383 e. The molecule has 1 aromatic carbocycles. The predicted octanol–water partition coefficient (Wildman–Crippen LogP) is 2.18. The molecule has 0 radical (unpaired) electrons. The van der Waals surface area contributed by atoms with Gasteiger partial charge in [0.2, 0.25) is 0 Å². The van der Waals surface area contributed by atoms with Crippen molar-refractivity contribution < 1.29 is 8.78 Å². The van der Waals surface area contributed by atoms with Gasteiger partial charge in [0.25, 0.3) is 0 Å². The molecular formula is C13H13F2N3. The Morgan fingerprint density at radius 2 is 2.00 bits per heavy atom. The number of rotatable bonds is 3. The summed E-state index contributed by atoms with van der Waals surface area (Å²) in [6.45, 7) is 0. The molecule has 1 atom stereocenters. The zero-order chi connectivity index (χ0) is 13.1. The van der Waals surface area contributed by atoms with Gasteiger partial charge in [-0.1, -0.05) is 12.1 Å². The van der Waals surface area contributed by atoms with E-state index >= 15 is 0 Å². The topological polar surface area (TPSA) is 64.9 Å². The molecule has 0 fully saturated rings. The van der Waals surface area contributed by atoms with Crippen molar-refractivity contribution in [2.75, 3.05) is 5.73 Å². The number of halogens is 2. The van der Waals surface area contributed by atoms with E-state index in [4.69, 9.17) is 11.5 Å². The highest BCUT2D eigenvalue weighted by Gasteiger charge is 2.14. The van der Waals surface area contributed by atoms with Gasteiger partial charge in [-0.05, 0) is 24.1 Å². The third kappa shape index (κ3) is 2.62. The minimum Gasteiger partial charge on any atom is -0.383 e. The Balaban J connectivity index is 2.22. The average molecular weight is 249 g/mol. The summed E-state index contributed by atoms with van der Waals surface area (Å²) in [5, 5.41) is 0. The van der Waals surface area contributed by atoms with Crippen molar-refractivity contribution in [2.45, 2.75) is 12.5 Å². The van der Waals surface area contributed by atoms with Crippen molar-refractivity contribution in [1.82, 2.24) is 4.98 Å². The lowest BCUT2D eigenvalue weighted by atomic mass is 9.99. The first kappa shape index (κ1) is 12.4. The molecule has 1 aromatic heterocycles. The van der Waals surface area contributed by atoms with E-state index in [0.29, 0.717) is 12.2 Å². The number of anilines is 1. The highest BCUT2D eigenvalue weighted by molar-refractivity contribution is 5.39. The molecule has 0 bridgehead atoms. The van der Waals surface area contributed by atoms with Crippen LogP contribution in [0.5, 0.6) is 0 Å². The number of hydrogen-bond donors (Lipinski definition) is 2. The van der Waals surface area contributed by atoms with Crippen LogP contribution < -0.4 is 11.5 Å². The first-order valence-electron chi connectivity index (χ1n) is 5.48. The summed E-state index contributed by atoms with van der Waals surface area (Å²) >= 11 is 0. The standard InChI is InChI=1S/C13H13F2N3/c14-9-3-4-10(11(15)7-9)12(16)6-8-2-1-5-18-13(8)17/h1-5,7,12H,6,16H2,(H2,17,18). The molecule has 2 aromatic rings. The molecule has 94 valence electrons. The van der Waals surface area contributed by atoms with Gasteiger partial charge in [-0.15, -0.1) is 0 Å². The summed E-state index contributed by atoms with van der Waals surface area (Å²) < 4.78 is 26.3. The van der Waals surface area contributed by atoms with Crippen molar-refractivity contribution in [3.63, 3.8) is 0 Å². The fourth-order valence-electron chi connectivity index (χ4n) is 1.77. The molecule has 0 aliphatic carbocycles. The lowest BCUT2D eigenvalue weighted by Crippen LogP contribution is -2.16. The summed E-state index contributed by atoms with van der Waals surface area (Å²) in [5.74, 6) is -0.898. The fraction of sp³-hybridized carbons (Fsp3) is 0.154. The van der Waals surface area contributed by atoms with Gasteiger partial charge < -0.3 is 11.5 Å². The van der Waals surface area contributed by atoms with Gasteiger partial charge >= 0.3 is 0 Å². The Morgan fingerprint density at radius 3 is 2.67 bits per heavy atom. The normalized spacial score (nSPS) is 12.4. The van der Waals surface area contributed by atoms with Crippen LogP contribution >= 0.6 is 0 Å². The Hall–Kier alpha value is -2.01. The van der Waals surface area contributed by atoms with Crippen LogP contribution in [0.3, 0.4) is 0 Å². The van der Waals surface area contributed by atoms with Crippen LogP contribution in [0.15, 0.2) is 36.5 Å². The fourth-order valence-corrected chi connectivity index (χ4v) is 1.77. The number of nitrogens with two attached hydrogens (primary N) is 2. The van der Waals surface area contributed by atoms with Gasteiger partial charge in [-0.25, -0.2) is 13.8 Å². The molecule has 4 N–H and O–H groups in total. The number of hydrogen-bond acceptors (Lipinski definition) is 3. The van der Waals surface area contributed by atoms with E-state index in [9.17, 15) is 8.78 Å². The van der Waals surface area contributed by atoms with E-state index < -0.39 is 17.7 Å². The Morgan fingerprint density at radius 1 is 1.22 bits per heavy atom. The molecule has 3 nitrogen and oxygen atoms in total. The lowest BCUT2D eigenvalue weighted by Gasteiger charge is -2.14. The second kappa shape index (κ2) is 5.10. The monoisotopic (exact) mass is 249 g/mol. The lowest BCUT2D eigenvalue weighted by molar-refractivity contribution is 0.554. The van der Waals surface area contributed by atoms with Crippen molar-refractivity contribution in [3.8, 4) is 0 Å². The highest BCUT2D eigenvalue weighted by atomic mass is 19.1. The van der Waals surface area contributed by atoms with Crippen LogP contribution in [-0.4, -0.2) is 4.98 Å². The zero-order valence-electron chi connectivity index (χ0n) is 9.61. The second-order valence-corrected chi connectivity index (χ2v) is 4.02. The van der Waals surface area contributed by atoms with E-state index in [0.717, 1.165) is 11.6 Å². The summed E-state index contributed by atoms with van der Waals surface area (Å²) in [6.07, 6.45) is 1.92. The third-order valence-corrected chi connectivity index (χ3v) is 2.73. The molecule has 5 heteroatoms. The highest BCUT2D eigenvalue weighted by Crippen LogP contribution is 2.21. The SMILES string of the molecule is Nc1ncccc1CC(N)c1ccc(F)cc1F. The van der Waals surface area contributed by atoms with Crippen LogP contribution in [0.25, 0.3) is 0 Å². The van der Waals surface area contributed by atoms with Crippen molar-refractivity contribution in [3.05, 3.63) is 59.3 Å².